The molecule has 0 saturated heterocycles. The van der Waals surface area contributed by atoms with Gasteiger partial charge in [0.15, 0.2) is 0 Å². The van der Waals surface area contributed by atoms with E-state index in [1.807, 2.05) is 37.7 Å². The smallest absolute Gasteiger partial charge is 0.255 e. The van der Waals surface area contributed by atoms with Crippen molar-refractivity contribution in [1.82, 2.24) is 5.32 Å². The van der Waals surface area contributed by atoms with Crippen LogP contribution < -0.4 is 5.32 Å². The summed E-state index contributed by atoms with van der Waals surface area (Å²) in [4.78, 5) is 13.6. The fourth-order valence-electron chi connectivity index (χ4n) is 2.58. The molecular weight excluding hydrogens is 270 g/mol. The minimum absolute atomic E-state index is 0.0500. The molecule has 2 aromatic rings. The Morgan fingerprint density at radius 2 is 2.15 bits per heavy atom. The van der Waals surface area contributed by atoms with Crippen LogP contribution in [-0.2, 0) is 0 Å². The van der Waals surface area contributed by atoms with Crippen LogP contribution in [0, 0.1) is 13.8 Å². The van der Waals surface area contributed by atoms with E-state index in [1.54, 1.807) is 6.07 Å². The molecule has 0 bridgehead atoms. The lowest BCUT2D eigenvalue weighted by molar-refractivity contribution is 0.0933. The van der Waals surface area contributed by atoms with Crippen LogP contribution in [0.25, 0.3) is 0 Å². The van der Waals surface area contributed by atoms with Crippen molar-refractivity contribution in [3.63, 3.8) is 0 Å². The van der Waals surface area contributed by atoms with Gasteiger partial charge < -0.3 is 9.73 Å². The first-order valence-corrected chi connectivity index (χ1v) is 7.73. The summed E-state index contributed by atoms with van der Waals surface area (Å²) in [6.45, 7) is 3.68. The molecule has 1 amide bonds. The molecule has 20 heavy (non-hydrogen) atoms. The molecule has 1 atom stereocenters. The summed E-state index contributed by atoms with van der Waals surface area (Å²) in [5.41, 5.74) is 1.85. The van der Waals surface area contributed by atoms with Gasteiger partial charge in [-0.05, 0) is 38.0 Å². The molecule has 104 valence electrons. The first-order valence-electron chi connectivity index (χ1n) is 6.75. The van der Waals surface area contributed by atoms with Gasteiger partial charge >= 0.3 is 0 Å². The predicted molar refractivity (Wildman–Crippen MR) is 80.2 cm³/mol. The van der Waals surface area contributed by atoms with Gasteiger partial charge in [-0.15, -0.1) is 11.8 Å². The number of furan rings is 1. The van der Waals surface area contributed by atoms with Gasteiger partial charge in [0.2, 0.25) is 0 Å². The molecule has 4 heteroatoms. The number of rotatable bonds is 2. The van der Waals surface area contributed by atoms with Crippen LogP contribution in [0.4, 0.5) is 0 Å². The second-order valence-corrected chi connectivity index (χ2v) is 6.16. The fourth-order valence-corrected chi connectivity index (χ4v) is 3.71. The molecule has 3 nitrogen and oxygen atoms in total. The quantitative estimate of drug-likeness (QED) is 0.912. The molecule has 1 aromatic heterocycles. The number of benzene rings is 1. The summed E-state index contributed by atoms with van der Waals surface area (Å²) in [7, 11) is 0. The third kappa shape index (κ3) is 2.48. The number of thioether (sulfide) groups is 1. The Morgan fingerprint density at radius 3 is 2.90 bits per heavy atom. The van der Waals surface area contributed by atoms with E-state index in [4.69, 9.17) is 4.42 Å². The number of carbonyl (C=O) groups is 1. The average molecular weight is 287 g/mol. The van der Waals surface area contributed by atoms with Gasteiger partial charge in [-0.25, -0.2) is 0 Å². The maximum Gasteiger partial charge on any atom is 0.255 e. The summed E-state index contributed by atoms with van der Waals surface area (Å²) < 4.78 is 5.43. The molecule has 0 spiro atoms. The van der Waals surface area contributed by atoms with Gasteiger partial charge in [0.25, 0.3) is 5.91 Å². The Labute approximate surface area is 122 Å². The monoisotopic (exact) mass is 287 g/mol. The van der Waals surface area contributed by atoms with Crippen molar-refractivity contribution in [3.8, 4) is 0 Å². The number of carbonyl (C=O) groups excluding carboxylic acids is 1. The number of hydrogen-bond acceptors (Lipinski definition) is 3. The molecule has 1 aromatic carbocycles. The predicted octanol–water partition coefficient (Wildman–Crippen LogP) is 3.86. The minimum Gasteiger partial charge on any atom is -0.466 e. The van der Waals surface area contributed by atoms with E-state index < -0.39 is 0 Å². The van der Waals surface area contributed by atoms with Crippen LogP contribution in [-0.4, -0.2) is 11.7 Å². The molecule has 1 aliphatic rings. The lowest BCUT2D eigenvalue weighted by atomic mass is 10.0. The number of aryl methyl sites for hydroxylation is 2. The summed E-state index contributed by atoms with van der Waals surface area (Å²) in [6, 6.07) is 10.2. The van der Waals surface area contributed by atoms with Crippen LogP contribution in [0.3, 0.4) is 0 Å². The van der Waals surface area contributed by atoms with E-state index in [0.717, 1.165) is 17.9 Å². The fraction of sp³-hybridized carbons (Fsp3) is 0.312. The van der Waals surface area contributed by atoms with Crippen LogP contribution in [0.15, 0.2) is 39.6 Å². The van der Waals surface area contributed by atoms with E-state index in [-0.39, 0.29) is 11.9 Å². The van der Waals surface area contributed by atoms with E-state index >= 15 is 0 Å². The van der Waals surface area contributed by atoms with Crippen molar-refractivity contribution in [2.75, 3.05) is 5.75 Å². The maximum atomic E-state index is 12.4. The summed E-state index contributed by atoms with van der Waals surface area (Å²) >= 11 is 1.85. The van der Waals surface area contributed by atoms with Gasteiger partial charge in [0.1, 0.15) is 11.5 Å². The first kappa shape index (κ1) is 13.3. The van der Waals surface area contributed by atoms with Crippen LogP contribution >= 0.6 is 11.8 Å². The molecule has 0 unspecified atom stereocenters. The Balaban J connectivity index is 1.82. The van der Waals surface area contributed by atoms with Crippen LogP contribution in [0.5, 0.6) is 0 Å². The number of nitrogens with one attached hydrogen (secondary N) is 1. The summed E-state index contributed by atoms with van der Waals surface area (Å²) in [5, 5.41) is 3.13. The summed E-state index contributed by atoms with van der Waals surface area (Å²) in [5.74, 6) is 2.43. The van der Waals surface area contributed by atoms with Crippen molar-refractivity contribution in [2.45, 2.75) is 31.2 Å². The van der Waals surface area contributed by atoms with Crippen molar-refractivity contribution in [3.05, 3.63) is 53.0 Å². The van der Waals surface area contributed by atoms with E-state index in [2.05, 4.69) is 17.4 Å². The van der Waals surface area contributed by atoms with E-state index in [9.17, 15) is 4.79 Å². The zero-order chi connectivity index (χ0) is 14.1. The average Bonchev–Trinajstić information content (AvgIpc) is 2.78. The lowest BCUT2D eigenvalue weighted by Crippen LogP contribution is -2.30. The first-order chi connectivity index (χ1) is 9.65. The second-order valence-electron chi connectivity index (χ2n) is 5.03. The van der Waals surface area contributed by atoms with Crippen LogP contribution in [0.1, 0.15) is 39.9 Å². The molecule has 1 N–H and O–H groups in total. The third-order valence-corrected chi connectivity index (χ3v) is 4.67. The zero-order valence-electron chi connectivity index (χ0n) is 11.6. The zero-order valence-corrected chi connectivity index (χ0v) is 12.4. The van der Waals surface area contributed by atoms with Crippen molar-refractivity contribution in [1.29, 1.82) is 0 Å². The Bertz CT molecular complexity index is 648. The maximum absolute atomic E-state index is 12.4. The minimum atomic E-state index is -0.0500. The van der Waals surface area contributed by atoms with Crippen molar-refractivity contribution >= 4 is 17.7 Å². The van der Waals surface area contributed by atoms with E-state index in [1.165, 1.54) is 10.5 Å². The summed E-state index contributed by atoms with van der Waals surface area (Å²) in [6.07, 6.45) is 0.962. The highest BCUT2D eigenvalue weighted by Crippen LogP contribution is 2.36. The molecule has 3 rings (SSSR count). The van der Waals surface area contributed by atoms with Crippen molar-refractivity contribution < 1.29 is 9.21 Å². The van der Waals surface area contributed by atoms with E-state index in [0.29, 0.717) is 11.3 Å². The molecule has 2 heterocycles. The third-order valence-electron chi connectivity index (χ3n) is 3.55. The number of fused-ring (bicyclic) bond motifs is 1. The molecule has 0 saturated carbocycles. The largest absolute Gasteiger partial charge is 0.466 e. The number of hydrogen-bond donors (Lipinski definition) is 1. The highest BCUT2D eigenvalue weighted by molar-refractivity contribution is 7.99. The topological polar surface area (TPSA) is 42.2 Å². The molecule has 0 fully saturated rings. The Hall–Kier alpha value is -1.68. The van der Waals surface area contributed by atoms with Gasteiger partial charge in [-0.2, -0.15) is 0 Å². The highest BCUT2D eigenvalue weighted by Gasteiger charge is 2.23. The normalized spacial score (nSPS) is 17.6. The molecule has 0 radical (unpaired) electrons. The standard InChI is InChI=1S/C16H17NO2S/c1-10-9-13(11(2)19-10)16(18)17-14-7-8-20-15-6-4-3-5-12(14)15/h3-6,9,14H,7-8H2,1-2H3,(H,17,18)/t14-/m1/s1. The lowest BCUT2D eigenvalue weighted by Gasteiger charge is -2.25. The molecule has 1 aliphatic heterocycles. The second kappa shape index (κ2) is 5.37. The van der Waals surface area contributed by atoms with Crippen LogP contribution in [0.2, 0.25) is 0 Å². The Kier molecular flexibility index (Phi) is 3.57. The highest BCUT2D eigenvalue weighted by atomic mass is 32.2. The van der Waals surface area contributed by atoms with Gasteiger partial charge in [-0.3, -0.25) is 4.79 Å². The van der Waals surface area contributed by atoms with Gasteiger partial charge in [0, 0.05) is 10.6 Å². The number of amides is 1. The molecule has 0 aliphatic carbocycles. The molecular formula is C16H17NO2S. The van der Waals surface area contributed by atoms with Gasteiger partial charge in [0.05, 0.1) is 11.6 Å². The SMILES string of the molecule is Cc1cc(C(=O)N[C@@H]2CCSc3ccccc32)c(C)o1. The van der Waals surface area contributed by atoms with Gasteiger partial charge in [-0.1, -0.05) is 18.2 Å². The van der Waals surface area contributed by atoms with Crippen molar-refractivity contribution in [2.24, 2.45) is 0 Å². The Morgan fingerprint density at radius 1 is 1.35 bits per heavy atom.